The van der Waals surface area contributed by atoms with E-state index >= 15 is 0 Å². The van der Waals surface area contributed by atoms with E-state index in [2.05, 4.69) is 4.98 Å². The van der Waals surface area contributed by atoms with Gasteiger partial charge in [0.15, 0.2) is 17.2 Å². The number of ether oxygens (including phenoxy) is 3. The molecule has 0 N–H and O–H groups in total. The molecule has 1 fully saturated rings. The number of benzene rings is 1. The van der Waals surface area contributed by atoms with Crippen LogP contribution in [0.4, 0.5) is 0 Å². The average Bonchev–Trinajstić information content (AvgIpc) is 3.28. The highest BCUT2D eigenvalue weighted by atomic mass is 35.5. The zero-order chi connectivity index (χ0) is 22.4. The number of amides is 1. The lowest BCUT2D eigenvalue weighted by atomic mass is 9.97. The van der Waals surface area contributed by atoms with E-state index in [1.54, 1.807) is 37.6 Å². The van der Waals surface area contributed by atoms with Gasteiger partial charge in [-0.3, -0.25) is 4.79 Å². The van der Waals surface area contributed by atoms with Crippen LogP contribution >= 0.6 is 22.9 Å². The number of hydrogen-bond acceptors (Lipinski definition) is 7. The van der Waals surface area contributed by atoms with E-state index in [0.29, 0.717) is 47.5 Å². The van der Waals surface area contributed by atoms with Crippen molar-refractivity contribution in [1.82, 2.24) is 9.88 Å². The fourth-order valence-corrected chi connectivity index (χ4v) is 4.68. The number of aromatic nitrogens is 1. The Bertz CT molecular complexity index is 967. The largest absolute Gasteiger partial charge is 0.493 e. The van der Waals surface area contributed by atoms with E-state index in [1.165, 1.54) is 24.5 Å². The van der Waals surface area contributed by atoms with Crippen molar-refractivity contribution in [3.63, 3.8) is 0 Å². The number of carbonyl (C=O) groups is 2. The van der Waals surface area contributed by atoms with Crippen LogP contribution in [0.25, 0.3) is 6.08 Å². The Morgan fingerprint density at radius 1 is 1.26 bits per heavy atom. The quantitative estimate of drug-likeness (QED) is 0.446. The lowest BCUT2D eigenvalue weighted by Gasteiger charge is -2.30. The summed E-state index contributed by atoms with van der Waals surface area (Å²) in [7, 11) is 3.06. The van der Waals surface area contributed by atoms with Crippen LogP contribution in [-0.4, -0.2) is 55.7 Å². The third kappa shape index (κ3) is 5.37. The molecule has 9 heteroatoms. The van der Waals surface area contributed by atoms with Gasteiger partial charge in [0.2, 0.25) is 5.91 Å². The number of halogens is 1. The number of thiazole rings is 1. The van der Waals surface area contributed by atoms with Crippen LogP contribution in [0.1, 0.15) is 46.7 Å². The normalized spacial score (nSPS) is 14.6. The molecule has 0 spiro atoms. The van der Waals surface area contributed by atoms with Gasteiger partial charge in [-0.1, -0.05) is 11.6 Å². The maximum Gasteiger partial charge on any atom is 0.357 e. The van der Waals surface area contributed by atoms with Crippen LogP contribution in [-0.2, 0) is 9.53 Å². The number of likely N-dealkylation sites (tertiary alicyclic amines) is 1. The summed E-state index contributed by atoms with van der Waals surface area (Å²) in [5.74, 6) is 0.741. The van der Waals surface area contributed by atoms with E-state index in [-0.39, 0.29) is 11.8 Å². The number of piperidine rings is 1. The lowest BCUT2D eigenvalue weighted by Crippen LogP contribution is -2.36. The second kappa shape index (κ2) is 10.6. The molecule has 0 radical (unpaired) electrons. The second-order valence-corrected chi connectivity index (χ2v) is 8.20. The van der Waals surface area contributed by atoms with E-state index in [9.17, 15) is 9.59 Å². The Kier molecular flexibility index (Phi) is 7.92. The molecule has 0 aliphatic carbocycles. The van der Waals surface area contributed by atoms with Gasteiger partial charge in [-0.25, -0.2) is 9.78 Å². The number of esters is 1. The van der Waals surface area contributed by atoms with E-state index in [0.717, 1.165) is 17.8 Å². The minimum atomic E-state index is -0.392. The zero-order valence-corrected chi connectivity index (χ0v) is 19.3. The van der Waals surface area contributed by atoms with Crippen LogP contribution in [0, 0.1) is 0 Å². The molecule has 1 aliphatic heterocycles. The lowest BCUT2D eigenvalue weighted by molar-refractivity contribution is -0.126. The fourth-order valence-electron chi connectivity index (χ4n) is 3.42. The first-order chi connectivity index (χ1) is 15.0. The Labute approximate surface area is 190 Å². The molecular weight excluding hydrogens is 440 g/mol. The minimum Gasteiger partial charge on any atom is -0.493 e. The molecule has 166 valence electrons. The Morgan fingerprint density at radius 3 is 2.65 bits per heavy atom. The highest BCUT2D eigenvalue weighted by molar-refractivity contribution is 7.09. The average molecular weight is 465 g/mol. The first kappa shape index (κ1) is 23.1. The van der Waals surface area contributed by atoms with Crippen LogP contribution in [0.3, 0.4) is 0 Å². The molecule has 0 atom stereocenters. The predicted molar refractivity (Wildman–Crippen MR) is 120 cm³/mol. The highest BCUT2D eigenvalue weighted by Crippen LogP contribution is 2.38. The summed E-state index contributed by atoms with van der Waals surface area (Å²) in [5.41, 5.74) is 1.03. The second-order valence-electron chi connectivity index (χ2n) is 6.93. The van der Waals surface area contributed by atoms with Crippen LogP contribution in [0.15, 0.2) is 23.6 Å². The summed E-state index contributed by atoms with van der Waals surface area (Å²) in [6.07, 6.45) is 4.81. The molecule has 2 aromatic rings. The van der Waals surface area contributed by atoms with E-state index in [1.807, 2.05) is 4.90 Å². The van der Waals surface area contributed by atoms with Crippen LogP contribution < -0.4 is 9.47 Å². The molecule has 0 unspecified atom stereocenters. The third-order valence-corrected chi connectivity index (χ3v) is 6.48. The zero-order valence-electron chi connectivity index (χ0n) is 17.7. The van der Waals surface area contributed by atoms with Gasteiger partial charge in [0, 0.05) is 30.5 Å². The summed E-state index contributed by atoms with van der Waals surface area (Å²) in [6.45, 7) is 3.35. The number of carbonyl (C=O) groups excluding carboxylic acids is 2. The van der Waals surface area contributed by atoms with Crippen molar-refractivity contribution in [2.75, 3.05) is 33.9 Å². The molecule has 3 rings (SSSR count). The van der Waals surface area contributed by atoms with E-state index in [4.69, 9.17) is 25.8 Å². The van der Waals surface area contributed by atoms with Gasteiger partial charge in [-0.05, 0) is 43.5 Å². The molecule has 1 aliphatic rings. The molecule has 7 nitrogen and oxygen atoms in total. The number of nitrogens with zero attached hydrogens (tertiary/aromatic N) is 2. The monoisotopic (exact) mass is 464 g/mol. The van der Waals surface area contributed by atoms with Crippen molar-refractivity contribution in [2.45, 2.75) is 25.7 Å². The maximum absolute atomic E-state index is 12.6. The Hall–Kier alpha value is -2.58. The topological polar surface area (TPSA) is 78.0 Å². The predicted octanol–water partition coefficient (Wildman–Crippen LogP) is 4.41. The molecule has 1 saturated heterocycles. The first-order valence-corrected chi connectivity index (χ1v) is 11.2. The molecular formula is C22H25ClN2O5S. The van der Waals surface area contributed by atoms with Gasteiger partial charge in [-0.15, -0.1) is 11.3 Å². The van der Waals surface area contributed by atoms with Crippen molar-refractivity contribution in [3.05, 3.63) is 44.9 Å². The number of methoxy groups -OCH3 is 2. The summed E-state index contributed by atoms with van der Waals surface area (Å²) >= 11 is 7.84. The van der Waals surface area contributed by atoms with Crippen molar-refractivity contribution in [1.29, 1.82) is 0 Å². The van der Waals surface area contributed by atoms with Gasteiger partial charge >= 0.3 is 5.97 Å². The Balaban J connectivity index is 1.59. The smallest absolute Gasteiger partial charge is 0.357 e. The molecule has 31 heavy (non-hydrogen) atoms. The van der Waals surface area contributed by atoms with Gasteiger partial charge in [0.1, 0.15) is 0 Å². The minimum absolute atomic E-state index is 0.0735. The summed E-state index contributed by atoms with van der Waals surface area (Å²) in [6, 6.07) is 3.53. The van der Waals surface area contributed by atoms with Gasteiger partial charge < -0.3 is 19.1 Å². The van der Waals surface area contributed by atoms with Crippen molar-refractivity contribution in [3.8, 4) is 11.5 Å². The number of rotatable bonds is 7. The van der Waals surface area contributed by atoms with Gasteiger partial charge in [-0.2, -0.15) is 0 Å². The summed E-state index contributed by atoms with van der Waals surface area (Å²) in [4.78, 5) is 30.7. The highest BCUT2D eigenvalue weighted by Gasteiger charge is 2.26. The SMILES string of the molecule is CCOC(=O)c1csc(C2CCN(C(=O)C=Cc3ccc(OC)c(OC)c3Cl)CC2)n1. The van der Waals surface area contributed by atoms with Gasteiger partial charge in [0.05, 0.1) is 30.9 Å². The molecule has 2 heterocycles. The van der Waals surface area contributed by atoms with Gasteiger partial charge in [0.25, 0.3) is 0 Å². The van der Waals surface area contributed by atoms with E-state index < -0.39 is 5.97 Å². The maximum atomic E-state index is 12.6. The molecule has 1 amide bonds. The molecule has 1 aromatic heterocycles. The molecule has 0 bridgehead atoms. The van der Waals surface area contributed by atoms with Crippen molar-refractivity contribution < 1.29 is 23.8 Å². The summed E-state index contributed by atoms with van der Waals surface area (Å²) < 4.78 is 15.5. The standard InChI is InChI=1S/C22H25ClN2O5S/c1-4-30-22(27)16-13-31-21(24-16)15-9-11-25(12-10-15)18(26)8-6-14-5-7-17(28-2)20(29-3)19(14)23/h5-8,13,15H,4,9-12H2,1-3H3. The third-order valence-electron chi connectivity index (χ3n) is 5.08. The first-order valence-electron chi connectivity index (χ1n) is 9.98. The fraction of sp³-hybridized carbons (Fsp3) is 0.409. The summed E-state index contributed by atoms with van der Waals surface area (Å²) in [5, 5.41) is 3.05. The van der Waals surface area contributed by atoms with Crippen molar-refractivity contribution in [2.24, 2.45) is 0 Å². The van der Waals surface area contributed by atoms with Crippen molar-refractivity contribution >= 4 is 40.9 Å². The van der Waals surface area contributed by atoms with Crippen LogP contribution in [0.5, 0.6) is 11.5 Å². The number of hydrogen-bond donors (Lipinski definition) is 0. The molecule has 1 aromatic carbocycles. The molecule has 0 saturated carbocycles. The van der Waals surface area contributed by atoms with Crippen LogP contribution in [0.2, 0.25) is 5.02 Å². The Morgan fingerprint density at radius 2 is 2.00 bits per heavy atom.